The van der Waals surface area contributed by atoms with Gasteiger partial charge in [0.05, 0.1) is 12.4 Å². The smallest absolute Gasteiger partial charge is 0.124 e. The van der Waals surface area contributed by atoms with Gasteiger partial charge < -0.3 is 0 Å². The number of halogens is 1. The van der Waals surface area contributed by atoms with E-state index in [0.29, 0.717) is 5.25 Å². The van der Waals surface area contributed by atoms with E-state index in [1.807, 2.05) is 0 Å². The summed E-state index contributed by atoms with van der Waals surface area (Å²) in [6, 6.07) is 0. The molecule has 11 heavy (non-hydrogen) atoms. The summed E-state index contributed by atoms with van der Waals surface area (Å²) in [7, 11) is 0. The molecule has 0 unspecified atom stereocenters. The van der Waals surface area contributed by atoms with Gasteiger partial charge in [-0.3, -0.25) is 0 Å². The SMILES string of the molecule is CC(C)Sc1cnc(Br)cn1. The zero-order valence-electron chi connectivity index (χ0n) is 6.41. The van der Waals surface area contributed by atoms with Crippen molar-refractivity contribution in [1.82, 2.24) is 9.97 Å². The van der Waals surface area contributed by atoms with Gasteiger partial charge in [-0.1, -0.05) is 13.8 Å². The first-order valence-corrected chi connectivity index (χ1v) is 5.00. The Bertz CT molecular complexity index is 222. The Morgan fingerprint density at radius 3 is 2.55 bits per heavy atom. The average Bonchev–Trinajstić information content (AvgIpc) is 1.93. The summed E-state index contributed by atoms with van der Waals surface area (Å²) in [6.07, 6.45) is 3.49. The van der Waals surface area contributed by atoms with Crippen LogP contribution < -0.4 is 0 Å². The fraction of sp³-hybridized carbons (Fsp3) is 0.429. The third-order valence-electron chi connectivity index (χ3n) is 0.953. The van der Waals surface area contributed by atoms with E-state index in [-0.39, 0.29) is 0 Å². The molecule has 2 nitrogen and oxygen atoms in total. The largest absolute Gasteiger partial charge is 0.245 e. The normalized spacial score (nSPS) is 10.5. The van der Waals surface area contributed by atoms with Gasteiger partial charge in [0.15, 0.2) is 0 Å². The number of thioether (sulfide) groups is 1. The van der Waals surface area contributed by atoms with Gasteiger partial charge in [-0.2, -0.15) is 0 Å². The van der Waals surface area contributed by atoms with Crippen molar-refractivity contribution in [2.45, 2.75) is 24.1 Å². The highest BCUT2D eigenvalue weighted by Gasteiger charge is 1.98. The Morgan fingerprint density at radius 2 is 2.09 bits per heavy atom. The maximum absolute atomic E-state index is 4.17. The number of aromatic nitrogens is 2. The van der Waals surface area contributed by atoms with E-state index < -0.39 is 0 Å². The summed E-state index contributed by atoms with van der Waals surface area (Å²) in [5.41, 5.74) is 0. The van der Waals surface area contributed by atoms with Crippen molar-refractivity contribution >= 4 is 27.7 Å². The topological polar surface area (TPSA) is 25.8 Å². The second kappa shape index (κ2) is 4.07. The minimum absolute atomic E-state index is 0.561. The molecule has 4 heteroatoms. The average molecular weight is 233 g/mol. The van der Waals surface area contributed by atoms with Crippen molar-refractivity contribution in [2.24, 2.45) is 0 Å². The Hall–Kier alpha value is -0.0900. The standard InChI is InChI=1S/C7H9BrN2S/c1-5(2)11-7-4-9-6(8)3-10-7/h3-5H,1-2H3. The maximum atomic E-state index is 4.17. The molecule has 0 aromatic carbocycles. The van der Waals surface area contributed by atoms with Crippen LogP contribution in [0.5, 0.6) is 0 Å². The van der Waals surface area contributed by atoms with E-state index in [4.69, 9.17) is 0 Å². The zero-order chi connectivity index (χ0) is 8.27. The molecule has 0 radical (unpaired) electrons. The Morgan fingerprint density at radius 1 is 1.36 bits per heavy atom. The molecule has 1 aromatic heterocycles. The first kappa shape index (κ1) is 9.00. The quantitative estimate of drug-likeness (QED) is 0.734. The second-order valence-corrected chi connectivity index (χ2v) is 4.75. The van der Waals surface area contributed by atoms with Gasteiger partial charge >= 0.3 is 0 Å². The molecular weight excluding hydrogens is 224 g/mol. The third kappa shape index (κ3) is 3.20. The van der Waals surface area contributed by atoms with Crippen LogP contribution in [0.15, 0.2) is 22.0 Å². The van der Waals surface area contributed by atoms with Crippen molar-refractivity contribution in [3.63, 3.8) is 0 Å². The summed E-state index contributed by atoms with van der Waals surface area (Å²) >= 11 is 4.94. The number of hydrogen-bond acceptors (Lipinski definition) is 3. The summed E-state index contributed by atoms with van der Waals surface area (Å²) in [6.45, 7) is 4.27. The van der Waals surface area contributed by atoms with E-state index >= 15 is 0 Å². The van der Waals surface area contributed by atoms with Crippen molar-refractivity contribution in [3.05, 3.63) is 17.0 Å². The summed E-state index contributed by atoms with van der Waals surface area (Å²) < 4.78 is 0.783. The van der Waals surface area contributed by atoms with E-state index in [1.54, 1.807) is 24.2 Å². The molecule has 1 rings (SSSR count). The number of hydrogen-bond donors (Lipinski definition) is 0. The van der Waals surface area contributed by atoms with Crippen LogP contribution in [-0.4, -0.2) is 15.2 Å². The first-order chi connectivity index (χ1) is 5.18. The fourth-order valence-electron chi connectivity index (χ4n) is 0.603. The zero-order valence-corrected chi connectivity index (χ0v) is 8.82. The third-order valence-corrected chi connectivity index (χ3v) is 2.29. The van der Waals surface area contributed by atoms with E-state index in [2.05, 4.69) is 39.7 Å². The molecule has 0 bridgehead atoms. The lowest BCUT2D eigenvalue weighted by Crippen LogP contribution is -1.89. The van der Waals surface area contributed by atoms with Gasteiger partial charge in [-0.15, -0.1) is 11.8 Å². The monoisotopic (exact) mass is 232 g/mol. The van der Waals surface area contributed by atoms with Crippen molar-refractivity contribution < 1.29 is 0 Å². The predicted octanol–water partition coefficient (Wildman–Crippen LogP) is 2.74. The number of nitrogens with zero attached hydrogens (tertiary/aromatic N) is 2. The first-order valence-electron chi connectivity index (χ1n) is 3.32. The minimum atomic E-state index is 0.561. The van der Waals surface area contributed by atoms with Crippen LogP contribution in [0.25, 0.3) is 0 Å². The minimum Gasteiger partial charge on any atom is -0.245 e. The molecule has 0 aliphatic carbocycles. The highest BCUT2D eigenvalue weighted by atomic mass is 79.9. The van der Waals surface area contributed by atoms with Gasteiger partial charge in [0.25, 0.3) is 0 Å². The Labute approximate surface area is 79.0 Å². The fourth-order valence-corrected chi connectivity index (χ4v) is 1.52. The van der Waals surface area contributed by atoms with Crippen LogP contribution in [0.1, 0.15) is 13.8 Å². The van der Waals surface area contributed by atoms with Crippen LogP contribution in [-0.2, 0) is 0 Å². The van der Waals surface area contributed by atoms with Crippen molar-refractivity contribution in [3.8, 4) is 0 Å². The molecule has 0 atom stereocenters. The van der Waals surface area contributed by atoms with Gasteiger partial charge in [-0.25, -0.2) is 9.97 Å². The number of rotatable bonds is 2. The highest BCUT2D eigenvalue weighted by molar-refractivity contribution is 9.10. The molecule has 0 spiro atoms. The molecule has 0 amide bonds. The Kier molecular flexibility index (Phi) is 3.33. The van der Waals surface area contributed by atoms with E-state index in [1.165, 1.54) is 0 Å². The molecule has 0 saturated carbocycles. The molecular formula is C7H9BrN2S. The van der Waals surface area contributed by atoms with Gasteiger partial charge in [-0.05, 0) is 15.9 Å². The lowest BCUT2D eigenvalue weighted by atomic mass is 10.6. The van der Waals surface area contributed by atoms with Crippen molar-refractivity contribution in [1.29, 1.82) is 0 Å². The maximum Gasteiger partial charge on any atom is 0.124 e. The summed E-state index contributed by atoms with van der Waals surface area (Å²) in [5, 5.41) is 1.54. The Balaban J connectivity index is 2.66. The van der Waals surface area contributed by atoms with Crippen LogP contribution in [0.2, 0.25) is 0 Å². The van der Waals surface area contributed by atoms with E-state index in [9.17, 15) is 0 Å². The van der Waals surface area contributed by atoms with Gasteiger partial charge in [0.1, 0.15) is 9.63 Å². The summed E-state index contributed by atoms with van der Waals surface area (Å²) in [5.74, 6) is 0. The molecule has 0 fully saturated rings. The molecule has 0 aliphatic heterocycles. The second-order valence-electron chi connectivity index (χ2n) is 2.34. The molecule has 0 N–H and O–H groups in total. The van der Waals surface area contributed by atoms with Crippen LogP contribution >= 0.6 is 27.7 Å². The van der Waals surface area contributed by atoms with Gasteiger partial charge in [0.2, 0.25) is 0 Å². The van der Waals surface area contributed by atoms with Gasteiger partial charge in [0, 0.05) is 5.25 Å². The van der Waals surface area contributed by atoms with Crippen LogP contribution in [0, 0.1) is 0 Å². The van der Waals surface area contributed by atoms with E-state index in [0.717, 1.165) is 9.63 Å². The molecule has 1 aromatic rings. The van der Waals surface area contributed by atoms with Crippen LogP contribution in [0.4, 0.5) is 0 Å². The summed E-state index contributed by atoms with van der Waals surface area (Å²) in [4.78, 5) is 8.24. The molecule has 0 saturated heterocycles. The molecule has 0 aliphatic rings. The molecule has 1 heterocycles. The highest BCUT2D eigenvalue weighted by Crippen LogP contribution is 2.19. The molecule has 60 valence electrons. The van der Waals surface area contributed by atoms with Crippen molar-refractivity contribution in [2.75, 3.05) is 0 Å². The van der Waals surface area contributed by atoms with Crippen LogP contribution in [0.3, 0.4) is 0 Å². The lowest BCUT2D eigenvalue weighted by molar-refractivity contribution is 1.02. The lowest BCUT2D eigenvalue weighted by Gasteiger charge is -2.01. The predicted molar refractivity (Wildman–Crippen MR) is 50.7 cm³/mol.